The van der Waals surface area contributed by atoms with Gasteiger partial charge in [0, 0.05) is 11.1 Å². The molecule has 0 bridgehead atoms. The van der Waals surface area contributed by atoms with Gasteiger partial charge >= 0.3 is 0 Å². The zero-order chi connectivity index (χ0) is 17.8. The van der Waals surface area contributed by atoms with Crippen molar-refractivity contribution in [2.45, 2.75) is 6.92 Å². The maximum absolute atomic E-state index is 6.13. The van der Waals surface area contributed by atoms with E-state index in [-0.39, 0.29) is 0 Å². The van der Waals surface area contributed by atoms with Crippen LogP contribution in [0.4, 0.5) is 23.1 Å². The molecule has 0 fully saturated rings. The number of halogens is 2. The van der Waals surface area contributed by atoms with E-state index < -0.39 is 0 Å². The summed E-state index contributed by atoms with van der Waals surface area (Å²) in [7, 11) is 1.58. The fraction of sp³-hybridized carbons (Fsp3) is 0.118. The number of nitrogens with zero attached hydrogens (tertiary/aromatic N) is 3. The zero-order valence-corrected chi connectivity index (χ0v) is 15.1. The van der Waals surface area contributed by atoms with Crippen molar-refractivity contribution in [3.63, 3.8) is 0 Å². The number of ether oxygens (including phenoxy) is 1. The largest absolute Gasteiger partial charge is 0.495 e. The molecule has 0 unspecified atom stereocenters. The van der Waals surface area contributed by atoms with E-state index in [1.165, 1.54) is 6.20 Å². The summed E-state index contributed by atoms with van der Waals surface area (Å²) in [5.74, 6) is 1.43. The van der Waals surface area contributed by atoms with Crippen LogP contribution >= 0.6 is 23.2 Å². The molecule has 1 heterocycles. The molecule has 0 atom stereocenters. The molecular weight excluding hydrogens is 361 g/mol. The van der Waals surface area contributed by atoms with E-state index in [4.69, 9.17) is 27.9 Å². The number of rotatable bonds is 5. The van der Waals surface area contributed by atoms with Gasteiger partial charge in [0.25, 0.3) is 0 Å². The normalized spacial score (nSPS) is 10.4. The molecule has 0 amide bonds. The Hall–Kier alpha value is -2.57. The molecule has 0 radical (unpaired) electrons. The van der Waals surface area contributed by atoms with Crippen molar-refractivity contribution in [3.8, 4) is 5.75 Å². The summed E-state index contributed by atoms with van der Waals surface area (Å²) in [4.78, 5) is 4.39. The molecule has 2 N–H and O–H groups in total. The summed E-state index contributed by atoms with van der Waals surface area (Å²) in [6, 6.07) is 10.9. The Labute approximate surface area is 155 Å². The van der Waals surface area contributed by atoms with Crippen molar-refractivity contribution in [1.82, 2.24) is 15.2 Å². The van der Waals surface area contributed by atoms with Gasteiger partial charge in [0.1, 0.15) is 5.75 Å². The summed E-state index contributed by atoms with van der Waals surface area (Å²) in [5.41, 5.74) is 2.35. The second-order valence-electron chi connectivity index (χ2n) is 5.20. The zero-order valence-electron chi connectivity index (χ0n) is 13.5. The number of aromatic nitrogens is 3. The van der Waals surface area contributed by atoms with Crippen LogP contribution in [0, 0.1) is 6.92 Å². The van der Waals surface area contributed by atoms with Crippen LogP contribution < -0.4 is 15.4 Å². The lowest BCUT2D eigenvalue weighted by atomic mass is 10.2. The molecule has 1 aromatic heterocycles. The SMILES string of the molecule is COc1cc(Cl)c(C)cc1Nc1cnnc(Nc2ccccc2Cl)n1. The van der Waals surface area contributed by atoms with Gasteiger partial charge in [-0.2, -0.15) is 10.1 Å². The third-order valence-electron chi connectivity index (χ3n) is 3.42. The summed E-state index contributed by atoms with van der Waals surface area (Å²) in [6.07, 6.45) is 1.52. The van der Waals surface area contributed by atoms with Crippen molar-refractivity contribution in [2.24, 2.45) is 0 Å². The fourth-order valence-electron chi connectivity index (χ4n) is 2.17. The number of nitrogens with one attached hydrogen (secondary N) is 2. The van der Waals surface area contributed by atoms with E-state index in [1.54, 1.807) is 19.2 Å². The van der Waals surface area contributed by atoms with E-state index in [1.807, 2.05) is 31.2 Å². The van der Waals surface area contributed by atoms with Gasteiger partial charge < -0.3 is 15.4 Å². The molecule has 0 spiro atoms. The highest BCUT2D eigenvalue weighted by atomic mass is 35.5. The topological polar surface area (TPSA) is 72.0 Å². The minimum atomic E-state index is 0.322. The minimum Gasteiger partial charge on any atom is -0.495 e. The van der Waals surface area contributed by atoms with Crippen LogP contribution in [0.5, 0.6) is 5.75 Å². The van der Waals surface area contributed by atoms with Crippen LogP contribution in [0.15, 0.2) is 42.6 Å². The minimum absolute atomic E-state index is 0.322. The lowest BCUT2D eigenvalue weighted by Gasteiger charge is -2.13. The summed E-state index contributed by atoms with van der Waals surface area (Å²) in [6.45, 7) is 1.91. The molecule has 0 saturated heterocycles. The number of aryl methyl sites for hydroxylation is 1. The highest BCUT2D eigenvalue weighted by Gasteiger charge is 2.09. The first-order chi connectivity index (χ1) is 12.1. The second kappa shape index (κ2) is 7.55. The quantitative estimate of drug-likeness (QED) is 0.654. The third-order valence-corrected chi connectivity index (χ3v) is 4.16. The van der Waals surface area contributed by atoms with Crippen LogP contribution in [-0.2, 0) is 0 Å². The number of hydrogen-bond acceptors (Lipinski definition) is 6. The molecular formula is C17H15Cl2N5O. The first-order valence-corrected chi connectivity index (χ1v) is 8.15. The van der Waals surface area contributed by atoms with Gasteiger partial charge in [0.15, 0.2) is 5.82 Å². The Morgan fingerprint density at radius 1 is 1.00 bits per heavy atom. The maximum atomic E-state index is 6.13. The molecule has 8 heteroatoms. The first-order valence-electron chi connectivity index (χ1n) is 7.39. The van der Waals surface area contributed by atoms with Crippen molar-refractivity contribution in [3.05, 3.63) is 58.2 Å². The average Bonchev–Trinajstić information content (AvgIpc) is 2.60. The van der Waals surface area contributed by atoms with Crippen molar-refractivity contribution >= 4 is 46.3 Å². The van der Waals surface area contributed by atoms with Crippen LogP contribution in [-0.4, -0.2) is 22.3 Å². The van der Waals surface area contributed by atoms with Gasteiger partial charge in [-0.3, -0.25) is 0 Å². The predicted octanol–water partition coefficient (Wildman–Crippen LogP) is 4.98. The fourth-order valence-corrected chi connectivity index (χ4v) is 2.50. The van der Waals surface area contributed by atoms with E-state index in [9.17, 15) is 0 Å². The Morgan fingerprint density at radius 3 is 2.56 bits per heavy atom. The van der Waals surface area contributed by atoms with Crippen molar-refractivity contribution < 1.29 is 4.74 Å². The lowest BCUT2D eigenvalue weighted by Crippen LogP contribution is -2.03. The third kappa shape index (κ3) is 4.10. The Morgan fingerprint density at radius 2 is 1.80 bits per heavy atom. The van der Waals surface area contributed by atoms with Crippen LogP contribution in [0.25, 0.3) is 0 Å². The predicted molar refractivity (Wildman–Crippen MR) is 101 cm³/mol. The number of benzene rings is 2. The number of methoxy groups -OCH3 is 1. The monoisotopic (exact) mass is 375 g/mol. The molecule has 2 aromatic carbocycles. The van der Waals surface area contributed by atoms with E-state index in [2.05, 4.69) is 25.8 Å². The van der Waals surface area contributed by atoms with Crippen molar-refractivity contribution in [2.75, 3.05) is 17.7 Å². The molecule has 0 saturated carbocycles. The highest BCUT2D eigenvalue weighted by Crippen LogP contribution is 2.32. The second-order valence-corrected chi connectivity index (χ2v) is 6.01. The molecule has 0 aliphatic carbocycles. The Bertz CT molecular complexity index is 904. The molecule has 0 aliphatic heterocycles. The summed E-state index contributed by atoms with van der Waals surface area (Å²) < 4.78 is 5.35. The average molecular weight is 376 g/mol. The molecule has 3 aromatic rings. The van der Waals surface area contributed by atoms with Gasteiger partial charge in [0.2, 0.25) is 5.95 Å². The molecule has 128 valence electrons. The van der Waals surface area contributed by atoms with E-state index >= 15 is 0 Å². The number of anilines is 4. The van der Waals surface area contributed by atoms with Crippen LogP contribution in [0.2, 0.25) is 10.0 Å². The van der Waals surface area contributed by atoms with Crippen LogP contribution in [0.3, 0.4) is 0 Å². The number of para-hydroxylation sites is 1. The van der Waals surface area contributed by atoms with E-state index in [0.717, 1.165) is 11.3 Å². The maximum Gasteiger partial charge on any atom is 0.249 e. The van der Waals surface area contributed by atoms with Crippen molar-refractivity contribution in [1.29, 1.82) is 0 Å². The van der Waals surface area contributed by atoms with E-state index in [0.29, 0.717) is 33.2 Å². The standard InChI is InChI=1S/C17H15Cl2N5O/c1-10-7-14(15(25-2)8-12(10)19)21-16-9-20-24-17(23-16)22-13-6-4-3-5-11(13)18/h3-9H,1-2H3,(H2,21,22,23,24). The van der Waals surface area contributed by atoms with Crippen LogP contribution in [0.1, 0.15) is 5.56 Å². The van der Waals surface area contributed by atoms with Gasteiger partial charge in [-0.1, -0.05) is 35.3 Å². The van der Waals surface area contributed by atoms with Gasteiger partial charge in [-0.15, -0.1) is 5.10 Å². The summed E-state index contributed by atoms with van der Waals surface area (Å²) in [5, 5.41) is 15.3. The van der Waals surface area contributed by atoms with Gasteiger partial charge in [0.05, 0.1) is 29.7 Å². The highest BCUT2D eigenvalue weighted by molar-refractivity contribution is 6.33. The van der Waals surface area contributed by atoms with Gasteiger partial charge in [-0.05, 0) is 30.7 Å². The smallest absolute Gasteiger partial charge is 0.249 e. The Balaban J connectivity index is 1.85. The molecule has 6 nitrogen and oxygen atoms in total. The number of hydrogen-bond donors (Lipinski definition) is 2. The molecule has 0 aliphatic rings. The molecule has 3 rings (SSSR count). The molecule has 25 heavy (non-hydrogen) atoms. The lowest BCUT2D eigenvalue weighted by molar-refractivity contribution is 0.416. The summed E-state index contributed by atoms with van der Waals surface area (Å²) >= 11 is 12.3. The Kier molecular flexibility index (Phi) is 5.21. The first kappa shape index (κ1) is 17.3. The van der Waals surface area contributed by atoms with Gasteiger partial charge in [-0.25, -0.2) is 0 Å².